The van der Waals surface area contributed by atoms with Crippen molar-refractivity contribution < 1.29 is 9.21 Å². The molecule has 114 valence electrons. The molecular weight excluding hydrogens is 284 g/mol. The van der Waals surface area contributed by atoms with Crippen LogP contribution in [0.25, 0.3) is 10.8 Å². The number of amides is 1. The molecule has 5 heteroatoms. The maximum atomic E-state index is 12.4. The van der Waals surface area contributed by atoms with Gasteiger partial charge in [0, 0.05) is 5.54 Å². The van der Waals surface area contributed by atoms with Gasteiger partial charge in [-0.1, -0.05) is 13.3 Å². The highest BCUT2D eigenvalue weighted by Crippen LogP contribution is 2.29. The number of thiazole rings is 1. The smallest absolute Gasteiger partial charge is 0.263 e. The summed E-state index contributed by atoms with van der Waals surface area (Å²) in [5.41, 5.74) is 0.540. The van der Waals surface area contributed by atoms with Gasteiger partial charge in [-0.25, -0.2) is 4.98 Å². The van der Waals surface area contributed by atoms with E-state index in [4.69, 9.17) is 4.42 Å². The van der Waals surface area contributed by atoms with Gasteiger partial charge in [0.1, 0.15) is 10.6 Å². The number of aromatic nitrogens is 1. The number of furan rings is 1. The van der Waals surface area contributed by atoms with E-state index >= 15 is 0 Å². The topological polar surface area (TPSA) is 55.1 Å². The largest absolute Gasteiger partial charge is 0.459 e. The first-order valence-corrected chi connectivity index (χ1v) is 8.01. The van der Waals surface area contributed by atoms with Crippen LogP contribution in [0, 0.1) is 13.8 Å². The zero-order valence-electron chi connectivity index (χ0n) is 13.2. The van der Waals surface area contributed by atoms with Gasteiger partial charge in [-0.2, -0.15) is 0 Å². The minimum atomic E-state index is -0.205. The monoisotopic (exact) mass is 306 g/mol. The Morgan fingerprint density at radius 3 is 2.67 bits per heavy atom. The molecule has 1 amide bonds. The Kier molecular flexibility index (Phi) is 4.52. The van der Waals surface area contributed by atoms with Gasteiger partial charge in [0.15, 0.2) is 10.8 Å². The average Bonchev–Trinajstić information content (AvgIpc) is 2.94. The summed E-state index contributed by atoms with van der Waals surface area (Å²) in [6.07, 6.45) is 1.98. The lowest BCUT2D eigenvalue weighted by Crippen LogP contribution is -2.43. The number of nitrogens with one attached hydrogen (secondary N) is 1. The number of hydrogen-bond acceptors (Lipinski definition) is 4. The van der Waals surface area contributed by atoms with Crippen molar-refractivity contribution in [1.82, 2.24) is 10.3 Å². The second kappa shape index (κ2) is 6.02. The van der Waals surface area contributed by atoms with Gasteiger partial charge in [-0.15, -0.1) is 11.3 Å². The molecule has 2 rings (SSSR count). The van der Waals surface area contributed by atoms with E-state index in [9.17, 15) is 4.79 Å². The number of nitrogens with zero attached hydrogens (tertiary/aromatic N) is 1. The van der Waals surface area contributed by atoms with Gasteiger partial charge in [0.05, 0.1) is 5.69 Å². The van der Waals surface area contributed by atoms with Crippen LogP contribution in [-0.4, -0.2) is 16.4 Å². The van der Waals surface area contributed by atoms with E-state index in [0.29, 0.717) is 10.6 Å². The van der Waals surface area contributed by atoms with Crippen LogP contribution in [0.15, 0.2) is 16.5 Å². The van der Waals surface area contributed by atoms with Crippen LogP contribution < -0.4 is 5.32 Å². The molecule has 0 unspecified atom stereocenters. The van der Waals surface area contributed by atoms with Crippen molar-refractivity contribution in [2.45, 2.75) is 53.0 Å². The number of carbonyl (C=O) groups is 1. The van der Waals surface area contributed by atoms with Crippen molar-refractivity contribution in [1.29, 1.82) is 0 Å². The van der Waals surface area contributed by atoms with E-state index in [-0.39, 0.29) is 11.4 Å². The van der Waals surface area contributed by atoms with E-state index in [1.54, 1.807) is 0 Å². The molecule has 2 aromatic rings. The van der Waals surface area contributed by atoms with Crippen LogP contribution >= 0.6 is 11.3 Å². The van der Waals surface area contributed by atoms with Crippen LogP contribution in [-0.2, 0) is 0 Å². The molecule has 0 fully saturated rings. The van der Waals surface area contributed by atoms with Crippen molar-refractivity contribution in [3.05, 3.63) is 28.5 Å². The zero-order chi connectivity index (χ0) is 15.6. The number of aryl methyl sites for hydroxylation is 2. The Morgan fingerprint density at radius 2 is 2.10 bits per heavy atom. The van der Waals surface area contributed by atoms with Gasteiger partial charge in [-0.05, 0) is 46.2 Å². The van der Waals surface area contributed by atoms with Gasteiger partial charge in [0.2, 0.25) is 0 Å². The normalized spacial score (nSPS) is 11.7. The minimum Gasteiger partial charge on any atom is -0.459 e. The lowest BCUT2D eigenvalue weighted by Gasteiger charge is -2.25. The molecule has 1 N–H and O–H groups in total. The summed E-state index contributed by atoms with van der Waals surface area (Å²) in [6.45, 7) is 9.95. The summed E-state index contributed by atoms with van der Waals surface area (Å²) in [5, 5.41) is 3.83. The lowest BCUT2D eigenvalue weighted by atomic mass is 9.99. The molecular formula is C16H22N2O2S. The SMILES string of the molecule is CCCC(C)(C)NC(=O)c1sc(-c2ccc(C)o2)nc1C. The molecule has 0 saturated carbocycles. The van der Waals surface area contributed by atoms with E-state index in [2.05, 4.69) is 17.2 Å². The van der Waals surface area contributed by atoms with Crippen molar-refractivity contribution in [3.63, 3.8) is 0 Å². The number of hydrogen-bond donors (Lipinski definition) is 1. The molecule has 0 spiro atoms. The van der Waals surface area contributed by atoms with Gasteiger partial charge < -0.3 is 9.73 Å². The molecule has 2 heterocycles. The quantitative estimate of drug-likeness (QED) is 0.894. The van der Waals surface area contributed by atoms with Crippen molar-refractivity contribution >= 4 is 17.2 Å². The highest BCUT2D eigenvalue weighted by Gasteiger charge is 2.24. The molecule has 0 atom stereocenters. The third-order valence-electron chi connectivity index (χ3n) is 3.28. The molecule has 4 nitrogen and oxygen atoms in total. The fraction of sp³-hybridized carbons (Fsp3) is 0.500. The summed E-state index contributed by atoms with van der Waals surface area (Å²) in [4.78, 5) is 17.5. The van der Waals surface area contributed by atoms with Crippen LogP contribution in [0.1, 0.15) is 54.7 Å². The first-order valence-electron chi connectivity index (χ1n) is 7.19. The summed E-state index contributed by atoms with van der Waals surface area (Å²) in [6, 6.07) is 3.78. The minimum absolute atomic E-state index is 0.0574. The third-order valence-corrected chi connectivity index (χ3v) is 4.45. The standard InChI is InChI=1S/C16H22N2O2S/c1-6-9-16(4,5)18-14(19)13-11(3)17-15(21-13)12-8-7-10(2)20-12/h7-8H,6,9H2,1-5H3,(H,18,19). The Balaban J connectivity index is 2.21. The van der Waals surface area contributed by atoms with Gasteiger partial charge >= 0.3 is 0 Å². The first-order chi connectivity index (χ1) is 9.82. The zero-order valence-corrected chi connectivity index (χ0v) is 14.1. The highest BCUT2D eigenvalue weighted by atomic mass is 32.1. The predicted octanol–water partition coefficient (Wildman–Crippen LogP) is 4.33. The molecule has 0 aliphatic heterocycles. The first kappa shape index (κ1) is 15.8. The van der Waals surface area contributed by atoms with Crippen LogP contribution in [0.2, 0.25) is 0 Å². The van der Waals surface area contributed by atoms with Gasteiger partial charge in [-0.3, -0.25) is 4.79 Å². The van der Waals surface area contributed by atoms with Crippen LogP contribution in [0.5, 0.6) is 0 Å². The Morgan fingerprint density at radius 1 is 1.38 bits per heavy atom. The van der Waals surface area contributed by atoms with Crippen LogP contribution in [0.3, 0.4) is 0 Å². The Hall–Kier alpha value is -1.62. The second-order valence-electron chi connectivity index (χ2n) is 5.93. The molecule has 2 aromatic heterocycles. The van der Waals surface area contributed by atoms with Crippen molar-refractivity contribution in [3.8, 4) is 10.8 Å². The fourth-order valence-corrected chi connectivity index (χ4v) is 3.24. The van der Waals surface area contributed by atoms with E-state index < -0.39 is 0 Å². The molecule has 0 aliphatic rings. The van der Waals surface area contributed by atoms with Gasteiger partial charge in [0.25, 0.3) is 5.91 Å². The van der Waals surface area contributed by atoms with Crippen LogP contribution in [0.4, 0.5) is 0 Å². The maximum Gasteiger partial charge on any atom is 0.263 e. The van der Waals surface area contributed by atoms with E-state index in [1.165, 1.54) is 11.3 Å². The molecule has 0 aromatic carbocycles. The summed E-state index contributed by atoms with van der Waals surface area (Å²) in [5.74, 6) is 1.50. The molecule has 0 saturated heterocycles. The molecule has 0 radical (unpaired) electrons. The predicted molar refractivity (Wildman–Crippen MR) is 85.7 cm³/mol. The number of carbonyl (C=O) groups excluding carboxylic acids is 1. The van der Waals surface area contributed by atoms with Crippen molar-refractivity contribution in [2.24, 2.45) is 0 Å². The maximum absolute atomic E-state index is 12.4. The highest BCUT2D eigenvalue weighted by molar-refractivity contribution is 7.17. The molecule has 0 aliphatic carbocycles. The molecule has 0 bridgehead atoms. The third kappa shape index (κ3) is 3.73. The van der Waals surface area contributed by atoms with Crippen molar-refractivity contribution in [2.75, 3.05) is 0 Å². The summed E-state index contributed by atoms with van der Waals surface area (Å²) >= 11 is 1.38. The second-order valence-corrected chi connectivity index (χ2v) is 6.93. The number of rotatable bonds is 5. The Labute approximate surface area is 129 Å². The van der Waals surface area contributed by atoms with E-state index in [0.717, 1.165) is 29.3 Å². The summed E-state index contributed by atoms with van der Waals surface area (Å²) in [7, 11) is 0. The fourth-order valence-electron chi connectivity index (χ4n) is 2.31. The lowest BCUT2D eigenvalue weighted by molar-refractivity contribution is 0.0912. The summed E-state index contributed by atoms with van der Waals surface area (Å²) < 4.78 is 5.57. The molecule has 21 heavy (non-hydrogen) atoms. The van der Waals surface area contributed by atoms with E-state index in [1.807, 2.05) is 39.8 Å². The average molecular weight is 306 g/mol. The Bertz CT molecular complexity index is 640.